The summed E-state index contributed by atoms with van der Waals surface area (Å²) >= 11 is -2.82. The Hall–Kier alpha value is -1.45. The minimum absolute atomic E-state index is 0.166. The van der Waals surface area contributed by atoms with E-state index in [9.17, 15) is 9.30 Å². The van der Waals surface area contributed by atoms with E-state index >= 15 is 0 Å². The van der Waals surface area contributed by atoms with Crippen molar-refractivity contribution in [2.24, 2.45) is 11.1 Å². The Bertz CT molecular complexity index is 734. The van der Waals surface area contributed by atoms with Crippen LogP contribution in [0.25, 0.3) is 11.3 Å². The third kappa shape index (κ3) is 4.39. The Morgan fingerprint density at radius 2 is 1.96 bits per heavy atom. The van der Waals surface area contributed by atoms with E-state index in [4.69, 9.17) is 14.0 Å². The van der Waals surface area contributed by atoms with E-state index in [1.165, 1.54) is 12.1 Å². The number of nitroso groups, excluding NO2 is 1. The Morgan fingerprint density at radius 3 is 2.48 bits per heavy atom. The third-order valence-electron chi connectivity index (χ3n) is 4.19. The fraction of sp³-hybridized carbons (Fsp3) is 0.389. The first-order valence-electron chi connectivity index (χ1n) is 8.13. The van der Waals surface area contributed by atoms with Crippen LogP contribution in [-0.2, 0) is 16.0 Å². The Balaban J connectivity index is 2.71. The van der Waals surface area contributed by atoms with E-state index in [1.807, 2.05) is 6.07 Å². The normalized spacial score (nSPS) is 14.8. The molecule has 5 nitrogen and oxygen atoms in total. The molecular weight excluding hydrogens is 436 g/mol. The fourth-order valence-corrected chi connectivity index (χ4v) is 7.16. The zero-order valence-corrected chi connectivity index (χ0v) is 16.9. The molecule has 0 aliphatic rings. The van der Waals surface area contributed by atoms with Gasteiger partial charge in [0.05, 0.1) is 0 Å². The molecule has 2 N–H and O–H groups in total. The first-order chi connectivity index (χ1) is 12.0. The van der Waals surface area contributed by atoms with Gasteiger partial charge in [0.15, 0.2) is 0 Å². The van der Waals surface area contributed by atoms with Gasteiger partial charge in [-0.2, -0.15) is 0 Å². The van der Waals surface area contributed by atoms with Crippen LogP contribution in [0.4, 0.5) is 4.39 Å². The second-order valence-corrected chi connectivity index (χ2v) is 14.2. The van der Waals surface area contributed by atoms with Crippen LogP contribution in [0.15, 0.2) is 35.5 Å². The van der Waals surface area contributed by atoms with Crippen LogP contribution in [0.2, 0.25) is 0 Å². The van der Waals surface area contributed by atoms with Crippen LogP contribution in [0.5, 0.6) is 0 Å². The van der Waals surface area contributed by atoms with Crippen molar-refractivity contribution >= 4 is 0 Å². The molecular formula is C18H24FIN3O2-. The second-order valence-electron chi connectivity index (χ2n) is 5.67. The van der Waals surface area contributed by atoms with E-state index in [0.717, 1.165) is 36.9 Å². The van der Waals surface area contributed by atoms with Gasteiger partial charge < -0.3 is 0 Å². The van der Waals surface area contributed by atoms with Gasteiger partial charge in [-0.15, -0.1) is 0 Å². The van der Waals surface area contributed by atoms with Crippen molar-refractivity contribution in [2.45, 2.75) is 26.7 Å². The van der Waals surface area contributed by atoms with Crippen LogP contribution in [0.3, 0.4) is 0 Å². The first kappa shape index (κ1) is 19.9. The second kappa shape index (κ2) is 8.77. The summed E-state index contributed by atoms with van der Waals surface area (Å²) in [6.07, 6.45) is 1.23. The zero-order valence-electron chi connectivity index (χ0n) is 14.8. The van der Waals surface area contributed by atoms with Gasteiger partial charge in [0, 0.05) is 0 Å². The molecule has 0 aliphatic carbocycles. The summed E-state index contributed by atoms with van der Waals surface area (Å²) in [5.74, 6) is 5.39. The van der Waals surface area contributed by atoms with Crippen molar-refractivity contribution in [1.82, 2.24) is 4.98 Å². The number of nitrogens with two attached hydrogens (primary N) is 1. The first-order valence-corrected chi connectivity index (χ1v) is 13.8. The summed E-state index contributed by atoms with van der Waals surface area (Å²) < 4.78 is 20.8. The molecule has 2 aromatic rings. The van der Waals surface area contributed by atoms with E-state index in [1.54, 1.807) is 12.1 Å². The average molecular weight is 460 g/mol. The van der Waals surface area contributed by atoms with Crippen molar-refractivity contribution < 1.29 is 26.4 Å². The third-order valence-corrected chi connectivity index (χ3v) is 11.6. The van der Waals surface area contributed by atoms with Gasteiger partial charge in [-0.25, -0.2) is 0 Å². The number of hydrogen-bond acceptors (Lipinski definition) is 5. The summed E-state index contributed by atoms with van der Waals surface area (Å²) in [6, 6.07) is 8.32. The van der Waals surface area contributed by atoms with Crippen molar-refractivity contribution in [3.05, 3.63) is 55.9 Å². The van der Waals surface area contributed by atoms with Gasteiger partial charge in [0.2, 0.25) is 0 Å². The molecule has 1 heterocycles. The molecule has 1 unspecified atom stereocenters. The molecule has 25 heavy (non-hydrogen) atoms. The maximum atomic E-state index is 13.3. The fourth-order valence-electron chi connectivity index (χ4n) is 2.67. The molecule has 0 radical (unpaired) electrons. The molecule has 0 amide bonds. The number of alkyl halides is 2. The van der Waals surface area contributed by atoms with E-state index in [2.05, 4.69) is 24.0 Å². The number of hydrogen-bond donors (Lipinski definition) is 1. The molecule has 0 saturated carbocycles. The zero-order chi connectivity index (χ0) is 18.4. The molecule has 0 aliphatic heterocycles. The molecule has 0 fully saturated rings. The molecule has 1 aromatic carbocycles. The molecule has 2 rings (SSSR count). The van der Waals surface area contributed by atoms with Gasteiger partial charge >= 0.3 is 152 Å². The van der Waals surface area contributed by atoms with E-state index in [0.29, 0.717) is 6.42 Å². The summed E-state index contributed by atoms with van der Waals surface area (Å²) in [5, 5.41) is 2.94. The summed E-state index contributed by atoms with van der Waals surface area (Å²) in [4.78, 5) is 17.4. The Morgan fingerprint density at radius 1 is 1.28 bits per heavy atom. The predicted octanol–water partition coefficient (Wildman–Crippen LogP) is 0.544. The number of halogens is 2. The molecule has 0 spiro atoms. The summed E-state index contributed by atoms with van der Waals surface area (Å²) in [6.45, 7) is 4.31. The number of aromatic nitrogens is 1. The Labute approximate surface area is 152 Å². The number of rotatable bonds is 8. The SMILES string of the molecule is CCc1c([I-](C)(CC)ON)cc(CCN=O)nc1-c1ccc(F)cc1. The van der Waals surface area contributed by atoms with Gasteiger partial charge in [-0.1, -0.05) is 0 Å². The van der Waals surface area contributed by atoms with Crippen molar-refractivity contribution in [2.75, 3.05) is 15.9 Å². The van der Waals surface area contributed by atoms with E-state index in [-0.39, 0.29) is 12.4 Å². The van der Waals surface area contributed by atoms with Crippen molar-refractivity contribution in [3.63, 3.8) is 0 Å². The van der Waals surface area contributed by atoms with Gasteiger partial charge in [0.25, 0.3) is 0 Å². The van der Waals surface area contributed by atoms with Gasteiger partial charge in [-0.05, 0) is 0 Å². The average Bonchev–Trinajstić information content (AvgIpc) is 2.65. The Kier molecular flexibility index (Phi) is 6.97. The van der Waals surface area contributed by atoms with Crippen molar-refractivity contribution in [1.29, 1.82) is 0 Å². The van der Waals surface area contributed by atoms with Crippen LogP contribution in [0, 0.1) is 14.3 Å². The molecule has 0 bridgehead atoms. The predicted molar refractivity (Wildman–Crippen MR) is 93.8 cm³/mol. The molecule has 1 atom stereocenters. The number of nitrogens with zero attached hydrogens (tertiary/aromatic N) is 2. The minimum atomic E-state index is -2.82. The molecule has 0 saturated heterocycles. The van der Waals surface area contributed by atoms with Crippen LogP contribution in [-0.4, -0.2) is 20.9 Å². The molecule has 7 heteroatoms. The number of benzene rings is 1. The number of pyridine rings is 1. The van der Waals surface area contributed by atoms with Crippen LogP contribution in [0.1, 0.15) is 25.1 Å². The topological polar surface area (TPSA) is 77.6 Å². The van der Waals surface area contributed by atoms with Crippen LogP contribution < -0.4 is 24.7 Å². The van der Waals surface area contributed by atoms with Crippen LogP contribution >= 0.6 is 0 Å². The standard InChI is InChI=1S/C18H24FIN3O2/c1-4-16-17(20(3,5-2)25-21)12-15(10-11-22-24)23-18(16)13-6-8-14(19)9-7-13/h6-9,12H,4-5,10-11,21H2,1-3H3/q-1. The maximum absolute atomic E-state index is 13.3. The molecule has 1 aromatic heterocycles. The van der Waals surface area contributed by atoms with E-state index < -0.39 is 18.8 Å². The van der Waals surface area contributed by atoms with Gasteiger partial charge in [0.1, 0.15) is 0 Å². The molecule has 138 valence electrons. The monoisotopic (exact) mass is 460 g/mol. The summed E-state index contributed by atoms with van der Waals surface area (Å²) in [5.41, 5.74) is 3.52. The van der Waals surface area contributed by atoms with Gasteiger partial charge in [-0.3, -0.25) is 0 Å². The quantitative estimate of drug-likeness (QED) is 0.270. The van der Waals surface area contributed by atoms with Crippen molar-refractivity contribution in [3.8, 4) is 11.3 Å². The summed E-state index contributed by atoms with van der Waals surface area (Å²) in [7, 11) is 0.